The van der Waals surface area contributed by atoms with E-state index >= 15 is 0 Å². The molecular formula is C11H12Br2F3N. The number of rotatable bonds is 4. The summed E-state index contributed by atoms with van der Waals surface area (Å²) in [6, 6.07) is 5.48. The van der Waals surface area contributed by atoms with Gasteiger partial charge in [-0.25, -0.2) is 0 Å². The van der Waals surface area contributed by atoms with E-state index in [1.807, 2.05) is 25.1 Å². The minimum Gasteiger partial charge on any atom is -0.310 e. The molecule has 0 saturated carbocycles. The zero-order chi connectivity index (χ0) is 13.1. The highest BCUT2D eigenvalue weighted by Gasteiger charge is 2.26. The lowest BCUT2D eigenvalue weighted by Crippen LogP contribution is -2.24. The van der Waals surface area contributed by atoms with E-state index in [4.69, 9.17) is 0 Å². The van der Waals surface area contributed by atoms with Crippen molar-refractivity contribution in [1.82, 2.24) is 5.32 Å². The van der Waals surface area contributed by atoms with E-state index in [0.717, 1.165) is 14.5 Å². The normalized spacial score (nSPS) is 13.8. The molecule has 1 nitrogen and oxygen atoms in total. The van der Waals surface area contributed by atoms with Crippen molar-refractivity contribution in [3.63, 3.8) is 0 Å². The average molecular weight is 375 g/mol. The SMILES string of the molecule is CC(NCCC(F)(F)F)c1ccc(Br)cc1Br. The second kappa shape index (κ2) is 6.20. The van der Waals surface area contributed by atoms with Crippen LogP contribution in [-0.2, 0) is 0 Å². The molecule has 0 saturated heterocycles. The van der Waals surface area contributed by atoms with Gasteiger partial charge in [-0.1, -0.05) is 37.9 Å². The Kier molecular flexibility index (Phi) is 5.47. The van der Waals surface area contributed by atoms with Crippen LogP contribution >= 0.6 is 31.9 Å². The predicted molar refractivity (Wildman–Crippen MR) is 68.9 cm³/mol. The van der Waals surface area contributed by atoms with Gasteiger partial charge in [-0.2, -0.15) is 13.2 Å². The molecule has 1 rings (SSSR count). The fourth-order valence-corrected chi connectivity index (χ4v) is 2.78. The standard InChI is InChI=1S/C11H12Br2F3N/c1-7(17-5-4-11(14,15)16)9-3-2-8(12)6-10(9)13/h2-3,6-7,17H,4-5H2,1H3. The van der Waals surface area contributed by atoms with Crippen LogP contribution in [0.3, 0.4) is 0 Å². The number of hydrogen-bond acceptors (Lipinski definition) is 1. The molecule has 0 aliphatic heterocycles. The molecule has 0 bridgehead atoms. The minimum atomic E-state index is -4.11. The lowest BCUT2D eigenvalue weighted by molar-refractivity contribution is -0.133. The van der Waals surface area contributed by atoms with Gasteiger partial charge in [0.15, 0.2) is 0 Å². The van der Waals surface area contributed by atoms with Gasteiger partial charge < -0.3 is 5.32 Å². The Balaban J connectivity index is 2.55. The van der Waals surface area contributed by atoms with Crippen molar-refractivity contribution in [1.29, 1.82) is 0 Å². The summed E-state index contributed by atoms with van der Waals surface area (Å²) in [7, 11) is 0. The van der Waals surface area contributed by atoms with Crippen molar-refractivity contribution in [2.75, 3.05) is 6.54 Å². The van der Waals surface area contributed by atoms with Crippen molar-refractivity contribution >= 4 is 31.9 Å². The third-order valence-corrected chi connectivity index (χ3v) is 3.47. The molecule has 0 spiro atoms. The van der Waals surface area contributed by atoms with Gasteiger partial charge in [0.1, 0.15) is 0 Å². The highest BCUT2D eigenvalue weighted by molar-refractivity contribution is 9.11. The van der Waals surface area contributed by atoms with E-state index in [1.54, 1.807) is 0 Å². The van der Waals surface area contributed by atoms with E-state index in [0.29, 0.717) is 0 Å². The van der Waals surface area contributed by atoms with Crippen molar-refractivity contribution in [2.45, 2.75) is 25.6 Å². The predicted octanol–water partition coefficient (Wildman–Crippen LogP) is 4.81. The second-order valence-corrected chi connectivity index (χ2v) is 5.48. The Morgan fingerprint density at radius 3 is 2.47 bits per heavy atom. The average Bonchev–Trinajstić information content (AvgIpc) is 2.15. The summed E-state index contributed by atoms with van der Waals surface area (Å²) in [5, 5.41) is 2.85. The zero-order valence-corrected chi connectivity index (χ0v) is 12.3. The molecule has 0 fully saturated rings. The van der Waals surface area contributed by atoms with Crippen LogP contribution in [0.15, 0.2) is 27.1 Å². The third kappa shape index (κ3) is 5.40. The number of nitrogens with one attached hydrogen (secondary N) is 1. The maximum atomic E-state index is 12.0. The van der Waals surface area contributed by atoms with Crippen LogP contribution in [0, 0.1) is 0 Å². The van der Waals surface area contributed by atoms with Crippen LogP contribution in [0.1, 0.15) is 24.9 Å². The Morgan fingerprint density at radius 1 is 1.29 bits per heavy atom. The van der Waals surface area contributed by atoms with Gasteiger partial charge in [-0.15, -0.1) is 0 Å². The summed E-state index contributed by atoms with van der Waals surface area (Å²) in [5.41, 5.74) is 0.940. The van der Waals surface area contributed by atoms with Crippen LogP contribution < -0.4 is 5.32 Å². The molecule has 0 radical (unpaired) electrons. The number of benzene rings is 1. The molecule has 1 atom stereocenters. The summed E-state index contributed by atoms with van der Waals surface area (Å²) < 4.78 is 37.8. The van der Waals surface area contributed by atoms with Gasteiger partial charge in [0, 0.05) is 21.5 Å². The topological polar surface area (TPSA) is 12.0 Å². The van der Waals surface area contributed by atoms with Gasteiger partial charge in [0.2, 0.25) is 0 Å². The first-order valence-corrected chi connectivity index (χ1v) is 6.63. The monoisotopic (exact) mass is 373 g/mol. The van der Waals surface area contributed by atoms with Gasteiger partial charge >= 0.3 is 6.18 Å². The Morgan fingerprint density at radius 2 is 1.94 bits per heavy atom. The first-order valence-electron chi connectivity index (χ1n) is 5.04. The summed E-state index contributed by atoms with van der Waals surface area (Å²) in [6.45, 7) is 1.76. The summed E-state index contributed by atoms with van der Waals surface area (Å²) >= 11 is 6.71. The lowest BCUT2D eigenvalue weighted by atomic mass is 10.1. The van der Waals surface area contributed by atoms with Crippen LogP contribution in [0.2, 0.25) is 0 Å². The lowest BCUT2D eigenvalue weighted by Gasteiger charge is -2.16. The van der Waals surface area contributed by atoms with Crippen molar-refractivity contribution in [3.05, 3.63) is 32.7 Å². The summed E-state index contributed by atoms with van der Waals surface area (Å²) in [5.74, 6) is 0. The molecule has 0 heterocycles. The molecule has 6 heteroatoms. The molecular weight excluding hydrogens is 363 g/mol. The Bertz CT molecular complexity index is 379. The van der Waals surface area contributed by atoms with E-state index in [2.05, 4.69) is 37.2 Å². The smallest absolute Gasteiger partial charge is 0.310 e. The van der Waals surface area contributed by atoms with Crippen LogP contribution in [-0.4, -0.2) is 12.7 Å². The van der Waals surface area contributed by atoms with E-state index in [9.17, 15) is 13.2 Å². The van der Waals surface area contributed by atoms with Gasteiger partial charge in [0.25, 0.3) is 0 Å². The number of alkyl halides is 3. The summed E-state index contributed by atoms with van der Waals surface area (Å²) in [6.07, 6.45) is -4.92. The van der Waals surface area contributed by atoms with Gasteiger partial charge in [-0.3, -0.25) is 0 Å². The zero-order valence-electron chi connectivity index (χ0n) is 9.11. The highest BCUT2D eigenvalue weighted by atomic mass is 79.9. The maximum absolute atomic E-state index is 12.0. The van der Waals surface area contributed by atoms with Crippen LogP contribution in [0.5, 0.6) is 0 Å². The molecule has 1 aromatic rings. The minimum absolute atomic E-state index is 0.0762. The largest absolute Gasteiger partial charge is 0.390 e. The van der Waals surface area contributed by atoms with Gasteiger partial charge in [-0.05, 0) is 24.6 Å². The molecule has 17 heavy (non-hydrogen) atoms. The molecule has 0 amide bonds. The quantitative estimate of drug-likeness (QED) is 0.797. The molecule has 0 aliphatic carbocycles. The van der Waals surface area contributed by atoms with Crippen molar-refractivity contribution in [2.24, 2.45) is 0 Å². The molecule has 0 aromatic heterocycles. The Hall–Kier alpha value is -0.0700. The number of halogens is 5. The van der Waals surface area contributed by atoms with Crippen LogP contribution in [0.4, 0.5) is 13.2 Å². The van der Waals surface area contributed by atoms with Crippen molar-refractivity contribution in [3.8, 4) is 0 Å². The first kappa shape index (κ1) is 15.0. The highest BCUT2D eigenvalue weighted by Crippen LogP contribution is 2.27. The Labute approximate surface area is 115 Å². The fraction of sp³-hybridized carbons (Fsp3) is 0.455. The number of hydrogen-bond donors (Lipinski definition) is 1. The first-order chi connectivity index (χ1) is 7.79. The molecule has 96 valence electrons. The molecule has 0 aliphatic rings. The van der Waals surface area contributed by atoms with E-state index < -0.39 is 12.6 Å². The maximum Gasteiger partial charge on any atom is 0.390 e. The molecule has 1 aromatic carbocycles. The molecule has 1 unspecified atom stereocenters. The van der Waals surface area contributed by atoms with E-state index in [1.165, 1.54) is 0 Å². The molecule has 1 N–H and O–H groups in total. The fourth-order valence-electron chi connectivity index (χ4n) is 1.39. The van der Waals surface area contributed by atoms with E-state index in [-0.39, 0.29) is 12.6 Å². The second-order valence-electron chi connectivity index (χ2n) is 3.71. The summed E-state index contributed by atoms with van der Waals surface area (Å²) in [4.78, 5) is 0. The van der Waals surface area contributed by atoms with Gasteiger partial charge in [0.05, 0.1) is 6.42 Å². The van der Waals surface area contributed by atoms with Crippen molar-refractivity contribution < 1.29 is 13.2 Å². The van der Waals surface area contributed by atoms with Crippen LogP contribution in [0.25, 0.3) is 0 Å². The third-order valence-electron chi connectivity index (χ3n) is 2.29.